The smallest absolute Gasteiger partial charge is 0.433 e. The molecule has 1 aliphatic carbocycles. The minimum atomic E-state index is -4.62. The van der Waals surface area contributed by atoms with Crippen molar-refractivity contribution in [3.63, 3.8) is 0 Å². The lowest BCUT2D eigenvalue weighted by atomic mass is 10.1. The fourth-order valence-electron chi connectivity index (χ4n) is 3.00. The minimum Gasteiger partial charge on any atom is -0.478 e. The first-order valence-electron chi connectivity index (χ1n) is 9.33. The van der Waals surface area contributed by atoms with Crippen LogP contribution in [0.1, 0.15) is 46.1 Å². The predicted molar refractivity (Wildman–Crippen MR) is 105 cm³/mol. The van der Waals surface area contributed by atoms with Crippen LogP contribution >= 0.6 is 0 Å². The second kappa shape index (κ2) is 7.87. The van der Waals surface area contributed by atoms with Crippen LogP contribution in [0.15, 0.2) is 36.9 Å². The summed E-state index contributed by atoms with van der Waals surface area (Å²) >= 11 is 0. The lowest BCUT2D eigenvalue weighted by Gasteiger charge is -2.09. The average Bonchev–Trinajstić information content (AvgIpc) is 3.49. The summed E-state index contributed by atoms with van der Waals surface area (Å²) in [6, 6.07) is 3.60. The predicted octanol–water partition coefficient (Wildman–Crippen LogP) is 2.81. The maximum Gasteiger partial charge on any atom is 0.433 e. The molecule has 1 aliphatic rings. The molecule has 9 nitrogen and oxygen atoms in total. The van der Waals surface area contributed by atoms with Crippen molar-refractivity contribution in [2.75, 3.05) is 0 Å². The Morgan fingerprint density at radius 2 is 1.88 bits per heavy atom. The summed E-state index contributed by atoms with van der Waals surface area (Å²) < 4.78 is 40.9. The van der Waals surface area contributed by atoms with Crippen LogP contribution in [0.25, 0.3) is 23.2 Å². The minimum absolute atomic E-state index is 0.00252. The number of hydrogen-bond acceptors (Lipinski definition) is 6. The van der Waals surface area contributed by atoms with Crippen molar-refractivity contribution in [1.29, 1.82) is 0 Å². The zero-order valence-corrected chi connectivity index (χ0v) is 16.2. The molecule has 0 saturated heterocycles. The van der Waals surface area contributed by atoms with Crippen molar-refractivity contribution in [2.45, 2.75) is 24.9 Å². The molecule has 3 aromatic rings. The van der Waals surface area contributed by atoms with Gasteiger partial charge in [-0.1, -0.05) is 0 Å². The molecule has 1 amide bonds. The number of rotatable bonds is 6. The highest BCUT2D eigenvalue weighted by Crippen LogP contribution is 2.41. The Balaban J connectivity index is 1.72. The van der Waals surface area contributed by atoms with E-state index in [1.54, 1.807) is 0 Å². The monoisotopic (exact) mass is 444 g/mol. The van der Waals surface area contributed by atoms with E-state index in [0.29, 0.717) is 5.69 Å². The van der Waals surface area contributed by atoms with Gasteiger partial charge in [0.05, 0.1) is 11.1 Å². The third kappa shape index (κ3) is 4.48. The third-order valence-corrected chi connectivity index (χ3v) is 4.72. The van der Waals surface area contributed by atoms with Gasteiger partial charge in [0.2, 0.25) is 0 Å². The molecule has 32 heavy (non-hydrogen) atoms. The average molecular weight is 444 g/mol. The molecule has 3 heterocycles. The molecule has 0 aromatic carbocycles. The van der Waals surface area contributed by atoms with Gasteiger partial charge in [0.15, 0.2) is 5.82 Å². The first-order chi connectivity index (χ1) is 15.1. The number of aromatic carboxylic acids is 1. The van der Waals surface area contributed by atoms with Gasteiger partial charge in [0, 0.05) is 41.3 Å². The molecular weight excluding hydrogens is 429 g/mol. The van der Waals surface area contributed by atoms with Crippen LogP contribution in [0.5, 0.6) is 0 Å². The summed E-state index contributed by atoms with van der Waals surface area (Å²) in [5, 5.41) is 13.2. The Bertz CT molecular complexity index is 1250. The van der Waals surface area contributed by atoms with E-state index < -0.39 is 23.7 Å². The van der Waals surface area contributed by atoms with E-state index in [0.717, 1.165) is 29.8 Å². The molecule has 1 fully saturated rings. The zero-order valence-electron chi connectivity index (χ0n) is 16.2. The molecule has 0 unspecified atom stereocenters. The summed E-state index contributed by atoms with van der Waals surface area (Å²) in [4.78, 5) is 34.6. The first kappa shape index (κ1) is 21.2. The van der Waals surface area contributed by atoms with Crippen LogP contribution in [0.2, 0.25) is 0 Å². The molecule has 0 aliphatic heterocycles. The van der Waals surface area contributed by atoms with Gasteiger partial charge in [-0.2, -0.15) is 13.2 Å². The topological polar surface area (TPSA) is 137 Å². The van der Waals surface area contributed by atoms with E-state index in [1.807, 2.05) is 0 Å². The molecule has 164 valence electrons. The van der Waals surface area contributed by atoms with Crippen LogP contribution < -0.4 is 5.73 Å². The van der Waals surface area contributed by atoms with Crippen LogP contribution in [0.4, 0.5) is 13.2 Å². The van der Waals surface area contributed by atoms with Gasteiger partial charge in [-0.3, -0.25) is 9.78 Å². The Morgan fingerprint density at radius 3 is 2.50 bits per heavy atom. The maximum atomic E-state index is 13.3. The number of nitrogens with two attached hydrogens (primary N) is 1. The van der Waals surface area contributed by atoms with E-state index in [-0.39, 0.29) is 34.0 Å². The molecule has 3 N–H and O–H groups in total. The summed E-state index contributed by atoms with van der Waals surface area (Å²) in [6.45, 7) is 0. The number of pyridine rings is 2. The number of carbonyl (C=O) groups is 2. The van der Waals surface area contributed by atoms with Gasteiger partial charge in [0.25, 0.3) is 5.91 Å². The van der Waals surface area contributed by atoms with Crippen LogP contribution in [0.3, 0.4) is 0 Å². The molecule has 12 heteroatoms. The van der Waals surface area contributed by atoms with E-state index in [2.05, 4.69) is 20.1 Å². The highest BCUT2D eigenvalue weighted by atomic mass is 19.4. The summed E-state index contributed by atoms with van der Waals surface area (Å²) in [5.74, 6) is -2.15. The molecular formula is C20H15F3N6O3. The van der Waals surface area contributed by atoms with Gasteiger partial charge in [0.1, 0.15) is 12.0 Å². The summed E-state index contributed by atoms with van der Waals surface area (Å²) in [7, 11) is 0. The van der Waals surface area contributed by atoms with Crippen molar-refractivity contribution in [3.8, 4) is 11.4 Å². The van der Waals surface area contributed by atoms with Crippen LogP contribution in [0, 0.1) is 0 Å². The number of carbonyl (C=O) groups excluding carboxylic acids is 1. The molecule has 4 rings (SSSR count). The van der Waals surface area contributed by atoms with E-state index in [9.17, 15) is 22.8 Å². The fraction of sp³-hybridized carbons (Fsp3) is 0.200. The molecule has 1 saturated carbocycles. The Labute approximate surface area is 178 Å². The second-order valence-electron chi connectivity index (χ2n) is 7.16. The number of aromatic nitrogens is 5. The number of alkyl halides is 3. The van der Waals surface area contributed by atoms with Gasteiger partial charge in [-0.25, -0.2) is 19.4 Å². The molecule has 0 spiro atoms. The number of hydrogen-bond donors (Lipinski definition) is 2. The van der Waals surface area contributed by atoms with E-state index >= 15 is 0 Å². The molecule has 0 atom stereocenters. The van der Waals surface area contributed by atoms with Gasteiger partial charge in [-0.05, 0) is 31.0 Å². The Kier molecular flexibility index (Phi) is 5.20. The van der Waals surface area contributed by atoms with Crippen molar-refractivity contribution in [3.05, 3.63) is 59.4 Å². The first-order valence-corrected chi connectivity index (χ1v) is 9.33. The standard InChI is InChI=1S/C20H15F3N6O3/c21-20(22,23)16-5-11(4-15(27-16)10-1-2-10)18-26-9-29(28-18)8-14(17(24)30)12-3-13(19(31)32)7-25-6-12/h3-10H,1-2H2,(H2,24,30)(H,31,32)/b14-8+. The normalized spacial score (nSPS) is 14.4. The van der Waals surface area contributed by atoms with Crippen molar-refractivity contribution in [2.24, 2.45) is 5.73 Å². The largest absolute Gasteiger partial charge is 0.478 e. The van der Waals surface area contributed by atoms with E-state index in [4.69, 9.17) is 10.8 Å². The van der Waals surface area contributed by atoms with Crippen LogP contribution in [-0.4, -0.2) is 41.7 Å². The highest BCUT2D eigenvalue weighted by molar-refractivity contribution is 6.22. The lowest BCUT2D eigenvalue weighted by Crippen LogP contribution is -2.14. The van der Waals surface area contributed by atoms with Crippen molar-refractivity contribution in [1.82, 2.24) is 24.7 Å². The fourth-order valence-corrected chi connectivity index (χ4v) is 3.00. The number of nitrogens with zero attached hydrogens (tertiary/aromatic N) is 5. The number of carboxylic acid groups (broad SMARTS) is 1. The lowest BCUT2D eigenvalue weighted by molar-refractivity contribution is -0.141. The Morgan fingerprint density at radius 1 is 1.16 bits per heavy atom. The summed E-state index contributed by atoms with van der Waals surface area (Å²) in [5.41, 5.74) is 4.72. The van der Waals surface area contributed by atoms with Gasteiger partial charge < -0.3 is 10.8 Å². The number of amides is 1. The number of halogens is 3. The molecule has 0 bridgehead atoms. The molecule has 0 radical (unpaired) electrons. The van der Waals surface area contributed by atoms with Gasteiger partial charge >= 0.3 is 12.1 Å². The quantitative estimate of drug-likeness (QED) is 0.558. The number of carboxylic acids is 1. The van der Waals surface area contributed by atoms with Crippen LogP contribution in [-0.2, 0) is 11.0 Å². The third-order valence-electron chi connectivity index (χ3n) is 4.72. The van der Waals surface area contributed by atoms with Gasteiger partial charge in [-0.15, -0.1) is 5.10 Å². The van der Waals surface area contributed by atoms with Crippen molar-refractivity contribution < 1.29 is 27.9 Å². The summed E-state index contributed by atoms with van der Waals surface area (Å²) in [6.07, 6.45) is 1.65. The Hall–Kier alpha value is -4.09. The molecule has 3 aromatic heterocycles. The second-order valence-corrected chi connectivity index (χ2v) is 7.16. The SMILES string of the molecule is NC(=O)/C(=C/n1cnc(-c2cc(C3CC3)nc(C(F)(F)F)c2)n1)c1cncc(C(=O)O)c1. The highest BCUT2D eigenvalue weighted by Gasteiger charge is 2.35. The van der Waals surface area contributed by atoms with E-state index in [1.165, 1.54) is 30.9 Å². The maximum absolute atomic E-state index is 13.3. The van der Waals surface area contributed by atoms with Crippen molar-refractivity contribution >= 4 is 23.6 Å². The number of primary amides is 1. The zero-order chi connectivity index (χ0) is 23.0.